The van der Waals surface area contributed by atoms with Crippen LogP contribution in [0.2, 0.25) is 0 Å². The van der Waals surface area contributed by atoms with Crippen LogP contribution in [-0.4, -0.2) is 0 Å². The van der Waals surface area contributed by atoms with E-state index >= 15 is 0 Å². The number of nitriles is 1. The molecule has 0 saturated heterocycles. The normalized spacial score (nSPS) is 11.7. The van der Waals surface area contributed by atoms with E-state index in [4.69, 9.17) is 5.26 Å². The van der Waals surface area contributed by atoms with Crippen LogP contribution >= 0.6 is 0 Å². The molecule has 0 atom stereocenters. The predicted molar refractivity (Wildman–Crippen MR) is 66.4 cm³/mol. The van der Waals surface area contributed by atoms with E-state index in [1.54, 1.807) is 0 Å². The third kappa shape index (κ3) is 12.7. The highest BCUT2D eigenvalue weighted by Gasteiger charge is 1.81. The van der Waals surface area contributed by atoms with Gasteiger partial charge >= 0.3 is 0 Å². The number of hydrogen-bond acceptors (Lipinski definition) is 1. The third-order valence-electron chi connectivity index (χ3n) is 2.02. The molecule has 0 N–H and O–H groups in total. The molecule has 0 aromatic carbocycles. The minimum Gasteiger partial charge on any atom is -0.198 e. The fourth-order valence-corrected chi connectivity index (χ4v) is 1.20. The van der Waals surface area contributed by atoms with Crippen molar-refractivity contribution in [1.29, 1.82) is 5.26 Å². The van der Waals surface area contributed by atoms with Crippen molar-refractivity contribution in [2.45, 2.75) is 45.4 Å². The van der Waals surface area contributed by atoms with Gasteiger partial charge < -0.3 is 0 Å². The molecule has 0 rings (SSSR count). The van der Waals surface area contributed by atoms with Crippen molar-refractivity contribution in [3.63, 3.8) is 0 Å². The van der Waals surface area contributed by atoms with Crippen LogP contribution in [0.5, 0.6) is 0 Å². The standard InChI is InChI=1S/C14H21N/c1-2-3-4-5-6-7-8-9-10-11-12-13-14-15/h2-3,6-7,11-12H,4-5,8-10,13H2,1H3/b3-2+,7-6+,12-11+. The van der Waals surface area contributed by atoms with Crippen molar-refractivity contribution in [3.8, 4) is 6.07 Å². The van der Waals surface area contributed by atoms with E-state index in [0.717, 1.165) is 25.7 Å². The molecule has 0 bridgehead atoms. The Morgan fingerprint density at radius 1 is 0.867 bits per heavy atom. The lowest BCUT2D eigenvalue weighted by Gasteiger charge is -1.90. The highest BCUT2D eigenvalue weighted by molar-refractivity contribution is 4.91. The molecule has 0 aliphatic rings. The number of allylic oxidation sites excluding steroid dienone is 6. The number of unbranched alkanes of at least 4 members (excludes halogenated alkanes) is 3. The summed E-state index contributed by atoms with van der Waals surface area (Å²) in [6, 6.07) is 2.09. The number of hydrogen-bond donors (Lipinski definition) is 0. The van der Waals surface area contributed by atoms with Gasteiger partial charge in [-0.25, -0.2) is 0 Å². The van der Waals surface area contributed by atoms with Gasteiger partial charge in [-0.05, 0) is 39.0 Å². The van der Waals surface area contributed by atoms with Gasteiger partial charge in [-0.1, -0.05) is 36.5 Å². The summed E-state index contributed by atoms with van der Waals surface area (Å²) < 4.78 is 0. The summed E-state index contributed by atoms with van der Waals surface area (Å²) in [7, 11) is 0. The summed E-state index contributed by atoms with van der Waals surface area (Å²) >= 11 is 0. The summed E-state index contributed by atoms with van der Waals surface area (Å²) in [5.74, 6) is 0. The lowest BCUT2D eigenvalue weighted by atomic mass is 10.2. The highest BCUT2D eigenvalue weighted by atomic mass is 14.2. The van der Waals surface area contributed by atoms with Crippen LogP contribution in [0.4, 0.5) is 0 Å². The maximum absolute atomic E-state index is 8.29. The summed E-state index contributed by atoms with van der Waals surface area (Å²) in [5.41, 5.74) is 0. The Balaban J connectivity index is 3.20. The van der Waals surface area contributed by atoms with Gasteiger partial charge in [0, 0.05) is 0 Å². The Morgan fingerprint density at radius 2 is 1.47 bits per heavy atom. The first kappa shape index (κ1) is 13.7. The second-order valence-corrected chi connectivity index (χ2v) is 3.38. The lowest BCUT2D eigenvalue weighted by Crippen LogP contribution is -1.70. The van der Waals surface area contributed by atoms with Gasteiger partial charge in [0.25, 0.3) is 0 Å². The van der Waals surface area contributed by atoms with Crippen LogP contribution in [0.25, 0.3) is 0 Å². The minimum atomic E-state index is 0.541. The average Bonchev–Trinajstić information content (AvgIpc) is 2.26. The first-order chi connectivity index (χ1) is 7.41. The first-order valence-corrected chi connectivity index (χ1v) is 5.70. The molecule has 0 saturated carbocycles. The zero-order chi connectivity index (χ0) is 11.2. The highest BCUT2D eigenvalue weighted by Crippen LogP contribution is 2.00. The Bertz CT molecular complexity index is 241. The summed E-state index contributed by atoms with van der Waals surface area (Å²) in [6.45, 7) is 2.05. The molecule has 0 amide bonds. The Labute approximate surface area is 93.8 Å². The smallest absolute Gasteiger partial charge is 0.0663 e. The van der Waals surface area contributed by atoms with E-state index in [2.05, 4.69) is 43.4 Å². The van der Waals surface area contributed by atoms with Gasteiger partial charge in [-0.15, -0.1) is 0 Å². The maximum Gasteiger partial charge on any atom is 0.0663 e. The third-order valence-corrected chi connectivity index (χ3v) is 2.02. The summed E-state index contributed by atoms with van der Waals surface area (Å²) in [5, 5.41) is 8.29. The van der Waals surface area contributed by atoms with Crippen molar-refractivity contribution < 1.29 is 0 Å². The van der Waals surface area contributed by atoms with Gasteiger partial charge in [0.2, 0.25) is 0 Å². The molecular formula is C14H21N. The zero-order valence-corrected chi connectivity index (χ0v) is 9.65. The van der Waals surface area contributed by atoms with Gasteiger partial charge in [-0.2, -0.15) is 5.26 Å². The maximum atomic E-state index is 8.29. The molecule has 15 heavy (non-hydrogen) atoms. The quantitative estimate of drug-likeness (QED) is 0.419. The van der Waals surface area contributed by atoms with Crippen LogP contribution in [0, 0.1) is 11.3 Å². The molecule has 0 aliphatic heterocycles. The Kier molecular flexibility index (Phi) is 11.6. The van der Waals surface area contributed by atoms with Gasteiger partial charge in [0.15, 0.2) is 0 Å². The van der Waals surface area contributed by atoms with E-state index in [-0.39, 0.29) is 0 Å². The Hall–Kier alpha value is -1.29. The van der Waals surface area contributed by atoms with Crippen LogP contribution in [-0.2, 0) is 0 Å². The molecule has 0 heterocycles. The van der Waals surface area contributed by atoms with Crippen molar-refractivity contribution in [3.05, 3.63) is 36.5 Å². The number of nitrogens with zero attached hydrogens (tertiary/aromatic N) is 1. The van der Waals surface area contributed by atoms with E-state index in [9.17, 15) is 0 Å². The van der Waals surface area contributed by atoms with Crippen LogP contribution in [0.1, 0.15) is 45.4 Å². The molecule has 0 spiro atoms. The van der Waals surface area contributed by atoms with Crippen molar-refractivity contribution in [1.82, 2.24) is 0 Å². The molecule has 0 aliphatic carbocycles. The number of rotatable bonds is 8. The second kappa shape index (κ2) is 12.7. The topological polar surface area (TPSA) is 23.8 Å². The van der Waals surface area contributed by atoms with Gasteiger partial charge in [-0.3, -0.25) is 0 Å². The molecule has 0 fully saturated rings. The molecule has 82 valence electrons. The zero-order valence-electron chi connectivity index (χ0n) is 9.65. The molecule has 1 heteroatoms. The van der Waals surface area contributed by atoms with E-state index in [1.807, 2.05) is 6.08 Å². The van der Waals surface area contributed by atoms with Crippen LogP contribution < -0.4 is 0 Å². The lowest BCUT2D eigenvalue weighted by molar-refractivity contribution is 0.860. The molecular weight excluding hydrogens is 182 g/mol. The van der Waals surface area contributed by atoms with Gasteiger partial charge in [0.1, 0.15) is 0 Å². The molecule has 0 aromatic rings. The largest absolute Gasteiger partial charge is 0.198 e. The molecule has 1 nitrogen and oxygen atoms in total. The van der Waals surface area contributed by atoms with E-state index < -0.39 is 0 Å². The van der Waals surface area contributed by atoms with Crippen LogP contribution in [0.15, 0.2) is 36.5 Å². The monoisotopic (exact) mass is 203 g/mol. The second-order valence-electron chi connectivity index (χ2n) is 3.38. The molecule has 0 radical (unpaired) electrons. The van der Waals surface area contributed by atoms with Gasteiger partial charge in [0.05, 0.1) is 12.5 Å². The minimum absolute atomic E-state index is 0.541. The summed E-state index contributed by atoms with van der Waals surface area (Å²) in [6.07, 6.45) is 19.1. The van der Waals surface area contributed by atoms with Crippen LogP contribution in [0.3, 0.4) is 0 Å². The SMILES string of the molecule is C/C=C/CC/C=C/CCC/C=C/CC#N. The van der Waals surface area contributed by atoms with Crippen molar-refractivity contribution >= 4 is 0 Å². The Morgan fingerprint density at radius 3 is 2.13 bits per heavy atom. The predicted octanol–water partition coefficient (Wildman–Crippen LogP) is 4.54. The molecule has 0 unspecified atom stereocenters. The summed E-state index contributed by atoms with van der Waals surface area (Å²) in [4.78, 5) is 0. The fourth-order valence-electron chi connectivity index (χ4n) is 1.20. The van der Waals surface area contributed by atoms with E-state index in [1.165, 1.54) is 6.42 Å². The fraction of sp³-hybridized carbons (Fsp3) is 0.500. The van der Waals surface area contributed by atoms with Crippen molar-refractivity contribution in [2.24, 2.45) is 0 Å². The van der Waals surface area contributed by atoms with E-state index in [0.29, 0.717) is 6.42 Å². The van der Waals surface area contributed by atoms with Crippen molar-refractivity contribution in [2.75, 3.05) is 0 Å². The first-order valence-electron chi connectivity index (χ1n) is 5.70. The molecule has 0 aromatic heterocycles. The average molecular weight is 203 g/mol.